The van der Waals surface area contributed by atoms with Crippen LogP contribution in [0.2, 0.25) is 0 Å². The van der Waals surface area contributed by atoms with Crippen LogP contribution in [0.5, 0.6) is 0 Å². The van der Waals surface area contributed by atoms with Crippen molar-refractivity contribution in [3.8, 4) is 0 Å². The van der Waals surface area contributed by atoms with Gasteiger partial charge in [-0.15, -0.1) is 0 Å². The van der Waals surface area contributed by atoms with Crippen LogP contribution in [-0.4, -0.2) is 11.7 Å². The molecule has 1 heteroatoms. The van der Waals surface area contributed by atoms with Gasteiger partial charge in [-0.3, -0.25) is 0 Å². The molecule has 0 aromatic heterocycles. The third-order valence-corrected chi connectivity index (χ3v) is 6.53. The fourth-order valence-corrected chi connectivity index (χ4v) is 5.58. The normalized spacial score (nSPS) is 39.0. The van der Waals surface area contributed by atoms with Gasteiger partial charge in [-0.2, -0.15) is 0 Å². The summed E-state index contributed by atoms with van der Waals surface area (Å²) in [7, 11) is 0. The number of aryl methyl sites for hydroxylation is 1. The molecule has 4 rings (SSSR count). The van der Waals surface area contributed by atoms with Crippen LogP contribution >= 0.6 is 0 Å². The highest BCUT2D eigenvalue weighted by molar-refractivity contribution is 5.37. The molecule has 0 spiro atoms. The molecule has 1 aromatic rings. The van der Waals surface area contributed by atoms with Crippen LogP contribution < -0.4 is 0 Å². The van der Waals surface area contributed by atoms with Crippen molar-refractivity contribution in [1.29, 1.82) is 0 Å². The summed E-state index contributed by atoms with van der Waals surface area (Å²) in [6.45, 7) is 0.345. The predicted molar refractivity (Wildman–Crippen MR) is 81.7 cm³/mol. The number of aliphatic hydroxyl groups is 1. The maximum Gasteiger partial charge on any atom is 0.0528 e. The zero-order valence-electron chi connectivity index (χ0n) is 12.4. The van der Waals surface area contributed by atoms with Gasteiger partial charge in [-0.25, -0.2) is 0 Å². The van der Waals surface area contributed by atoms with Crippen molar-refractivity contribution < 1.29 is 5.11 Å². The van der Waals surface area contributed by atoms with Crippen LogP contribution in [0.1, 0.15) is 56.1 Å². The van der Waals surface area contributed by atoms with Crippen molar-refractivity contribution in [3.63, 3.8) is 0 Å². The second-order valence-electron chi connectivity index (χ2n) is 7.59. The maximum absolute atomic E-state index is 10.2. The molecule has 0 aliphatic heterocycles. The van der Waals surface area contributed by atoms with Crippen LogP contribution in [0, 0.1) is 17.8 Å². The molecule has 4 unspecified atom stereocenters. The fraction of sp³-hybridized carbons (Fsp3) is 0.684. The molecule has 20 heavy (non-hydrogen) atoms. The average Bonchev–Trinajstić information content (AvgIpc) is 3.10. The van der Waals surface area contributed by atoms with E-state index in [1.807, 2.05) is 0 Å². The maximum atomic E-state index is 10.2. The molecule has 4 atom stereocenters. The molecule has 2 saturated carbocycles. The first-order chi connectivity index (χ1) is 9.81. The molecular formula is C19H26O. The summed E-state index contributed by atoms with van der Waals surface area (Å²) in [6, 6.07) is 8.89. The van der Waals surface area contributed by atoms with Crippen molar-refractivity contribution in [3.05, 3.63) is 35.4 Å². The van der Waals surface area contributed by atoms with Crippen LogP contribution in [-0.2, 0) is 11.8 Å². The van der Waals surface area contributed by atoms with E-state index in [4.69, 9.17) is 0 Å². The highest BCUT2D eigenvalue weighted by Gasteiger charge is 2.45. The van der Waals surface area contributed by atoms with E-state index in [0.29, 0.717) is 6.61 Å². The Kier molecular flexibility index (Phi) is 3.14. The Morgan fingerprint density at radius 2 is 2.05 bits per heavy atom. The second-order valence-corrected chi connectivity index (χ2v) is 7.59. The van der Waals surface area contributed by atoms with Gasteiger partial charge in [0.25, 0.3) is 0 Å². The van der Waals surface area contributed by atoms with Crippen LogP contribution in [0.15, 0.2) is 24.3 Å². The summed E-state index contributed by atoms with van der Waals surface area (Å²) in [5, 5.41) is 10.2. The van der Waals surface area contributed by atoms with E-state index in [9.17, 15) is 5.11 Å². The molecule has 3 aliphatic rings. The smallest absolute Gasteiger partial charge is 0.0528 e. The molecule has 2 bridgehead atoms. The number of rotatable bonds is 3. The van der Waals surface area contributed by atoms with Gasteiger partial charge in [0.05, 0.1) is 6.61 Å². The van der Waals surface area contributed by atoms with Crippen molar-refractivity contribution in [2.24, 2.45) is 17.8 Å². The molecule has 2 fully saturated rings. The molecule has 1 aromatic carbocycles. The lowest BCUT2D eigenvalue weighted by Gasteiger charge is -2.41. The summed E-state index contributed by atoms with van der Waals surface area (Å²) < 4.78 is 0. The lowest BCUT2D eigenvalue weighted by Crippen LogP contribution is -2.37. The van der Waals surface area contributed by atoms with Gasteiger partial charge in [-0.05, 0) is 73.8 Å². The van der Waals surface area contributed by atoms with Crippen molar-refractivity contribution in [1.82, 2.24) is 0 Å². The van der Waals surface area contributed by atoms with E-state index in [1.165, 1.54) is 62.5 Å². The lowest BCUT2D eigenvalue weighted by atomic mass is 9.64. The first kappa shape index (κ1) is 12.9. The third-order valence-electron chi connectivity index (χ3n) is 6.53. The summed E-state index contributed by atoms with van der Waals surface area (Å²) in [5.41, 5.74) is 3.04. The Morgan fingerprint density at radius 3 is 2.80 bits per heavy atom. The molecular weight excluding hydrogens is 244 g/mol. The minimum Gasteiger partial charge on any atom is -0.395 e. The molecule has 0 heterocycles. The van der Waals surface area contributed by atoms with Crippen LogP contribution in [0.3, 0.4) is 0 Å². The Hall–Kier alpha value is -0.820. The second kappa shape index (κ2) is 4.87. The summed E-state index contributed by atoms with van der Waals surface area (Å²) in [5.74, 6) is 2.86. The van der Waals surface area contributed by atoms with Crippen molar-refractivity contribution in [2.45, 2.75) is 56.8 Å². The van der Waals surface area contributed by atoms with Crippen LogP contribution in [0.4, 0.5) is 0 Å². The van der Waals surface area contributed by atoms with E-state index in [1.54, 1.807) is 0 Å². The van der Waals surface area contributed by atoms with Gasteiger partial charge < -0.3 is 5.11 Å². The standard InChI is InChI=1S/C19H26O/c20-13-19(12-17-11-14-7-8-16(17)10-14)9-3-5-15-4-1-2-6-18(15)19/h1-2,4,6,14,16-17,20H,3,5,7-13H2. The number of benzene rings is 1. The van der Waals surface area contributed by atoms with Crippen LogP contribution in [0.25, 0.3) is 0 Å². The topological polar surface area (TPSA) is 20.2 Å². The van der Waals surface area contributed by atoms with Gasteiger partial charge in [-0.1, -0.05) is 30.7 Å². The number of aliphatic hydroxyl groups excluding tert-OH is 1. The van der Waals surface area contributed by atoms with Crippen molar-refractivity contribution >= 4 is 0 Å². The van der Waals surface area contributed by atoms with E-state index in [2.05, 4.69) is 24.3 Å². The van der Waals surface area contributed by atoms with E-state index in [0.717, 1.165) is 17.8 Å². The minimum absolute atomic E-state index is 0.0734. The monoisotopic (exact) mass is 270 g/mol. The highest BCUT2D eigenvalue weighted by Crippen LogP contribution is 2.53. The summed E-state index contributed by atoms with van der Waals surface area (Å²) in [4.78, 5) is 0. The molecule has 3 aliphatic carbocycles. The summed E-state index contributed by atoms with van der Waals surface area (Å²) in [6.07, 6.45) is 10.7. The molecule has 108 valence electrons. The highest BCUT2D eigenvalue weighted by atomic mass is 16.3. The molecule has 0 saturated heterocycles. The third kappa shape index (κ3) is 1.94. The van der Waals surface area contributed by atoms with Gasteiger partial charge in [0.1, 0.15) is 0 Å². The van der Waals surface area contributed by atoms with Gasteiger partial charge in [0.2, 0.25) is 0 Å². The Labute approximate surface area is 122 Å². The lowest BCUT2D eigenvalue weighted by molar-refractivity contribution is 0.129. The van der Waals surface area contributed by atoms with Gasteiger partial charge in [0, 0.05) is 5.41 Å². The quantitative estimate of drug-likeness (QED) is 0.877. The van der Waals surface area contributed by atoms with E-state index < -0.39 is 0 Å². The largest absolute Gasteiger partial charge is 0.395 e. The molecule has 1 nitrogen and oxygen atoms in total. The first-order valence-electron chi connectivity index (χ1n) is 8.50. The van der Waals surface area contributed by atoms with Gasteiger partial charge in [0.15, 0.2) is 0 Å². The van der Waals surface area contributed by atoms with E-state index in [-0.39, 0.29) is 5.41 Å². The Morgan fingerprint density at radius 1 is 1.15 bits per heavy atom. The summed E-state index contributed by atoms with van der Waals surface area (Å²) >= 11 is 0. The Balaban J connectivity index is 1.64. The minimum atomic E-state index is 0.0734. The number of hydrogen-bond acceptors (Lipinski definition) is 1. The van der Waals surface area contributed by atoms with Crippen molar-refractivity contribution in [2.75, 3.05) is 6.61 Å². The first-order valence-corrected chi connectivity index (χ1v) is 8.50. The molecule has 0 amide bonds. The zero-order valence-corrected chi connectivity index (χ0v) is 12.4. The fourth-order valence-electron chi connectivity index (χ4n) is 5.58. The number of fused-ring (bicyclic) bond motifs is 3. The van der Waals surface area contributed by atoms with E-state index >= 15 is 0 Å². The zero-order chi connectivity index (χ0) is 13.6. The molecule has 0 radical (unpaired) electrons. The Bertz CT molecular complexity index is 494. The molecule has 1 N–H and O–H groups in total. The van der Waals surface area contributed by atoms with Gasteiger partial charge >= 0.3 is 0 Å². The predicted octanol–water partition coefficient (Wildman–Crippen LogP) is 4.08. The number of hydrogen-bond donors (Lipinski definition) is 1. The average molecular weight is 270 g/mol. The SMILES string of the molecule is OCC1(CC2CC3CCC2C3)CCCc2ccccc21.